The van der Waals surface area contributed by atoms with Crippen LogP contribution in [0, 0.1) is 0 Å². The number of amides is 2. The van der Waals surface area contributed by atoms with Crippen LogP contribution in [0.25, 0.3) is 10.8 Å². The van der Waals surface area contributed by atoms with E-state index in [9.17, 15) is 9.59 Å². The Balaban J connectivity index is 1.66. The van der Waals surface area contributed by atoms with E-state index in [1.165, 1.54) is 10.5 Å². The lowest BCUT2D eigenvalue weighted by atomic mass is 10.0. The molecule has 4 aromatic rings. The fourth-order valence-electron chi connectivity index (χ4n) is 3.80. The summed E-state index contributed by atoms with van der Waals surface area (Å²) < 4.78 is 5.25. The molecular weight excluding hydrogens is 404 g/mol. The molecule has 1 aromatic heterocycles. The largest absolute Gasteiger partial charge is 0.497 e. The molecule has 0 fully saturated rings. The number of hydrogen-bond acceptors (Lipinski definition) is 4. The molecule has 0 atom stereocenters. The first-order valence-corrected chi connectivity index (χ1v) is 10.4. The van der Waals surface area contributed by atoms with E-state index in [-0.39, 0.29) is 5.56 Å². The first kappa shape index (κ1) is 21.1. The van der Waals surface area contributed by atoms with Gasteiger partial charge in [-0.05, 0) is 49.1 Å². The SMILES string of the molecule is COc1cccc(N(C(N)=O)c2ccc3c(CCCc4ccccc4)n[nH]c(=O)c3c2)c1. The third kappa shape index (κ3) is 4.46. The first-order valence-electron chi connectivity index (χ1n) is 10.4. The Kier molecular flexibility index (Phi) is 6.17. The number of methoxy groups -OCH3 is 1. The lowest BCUT2D eigenvalue weighted by Gasteiger charge is -2.21. The number of carbonyl (C=O) groups excluding carboxylic acids is 1. The van der Waals surface area contributed by atoms with Crippen LogP contribution in [0.3, 0.4) is 0 Å². The van der Waals surface area contributed by atoms with Crippen molar-refractivity contribution in [1.82, 2.24) is 10.2 Å². The summed E-state index contributed by atoms with van der Waals surface area (Å²) in [5.74, 6) is 0.595. The molecule has 3 N–H and O–H groups in total. The van der Waals surface area contributed by atoms with Crippen molar-refractivity contribution in [2.24, 2.45) is 5.73 Å². The number of hydrogen-bond donors (Lipinski definition) is 2. The second kappa shape index (κ2) is 9.34. The van der Waals surface area contributed by atoms with Crippen molar-refractivity contribution in [2.75, 3.05) is 12.0 Å². The minimum Gasteiger partial charge on any atom is -0.497 e. The van der Waals surface area contributed by atoms with Crippen LogP contribution in [0.15, 0.2) is 77.6 Å². The molecule has 0 aliphatic heterocycles. The summed E-state index contributed by atoms with van der Waals surface area (Å²) in [5.41, 5.74) is 8.47. The Morgan fingerprint density at radius 1 is 0.969 bits per heavy atom. The van der Waals surface area contributed by atoms with Crippen LogP contribution in [0.1, 0.15) is 17.7 Å². The molecule has 0 spiro atoms. The molecule has 3 aromatic carbocycles. The smallest absolute Gasteiger partial charge is 0.323 e. The molecule has 2 amide bonds. The molecule has 0 saturated carbocycles. The monoisotopic (exact) mass is 428 g/mol. The summed E-state index contributed by atoms with van der Waals surface area (Å²) in [7, 11) is 1.55. The molecule has 1 heterocycles. The Morgan fingerprint density at radius 3 is 2.50 bits per heavy atom. The van der Waals surface area contributed by atoms with Crippen LogP contribution in [-0.4, -0.2) is 23.3 Å². The Hall–Kier alpha value is -4.13. The van der Waals surface area contributed by atoms with Gasteiger partial charge in [-0.15, -0.1) is 0 Å². The van der Waals surface area contributed by atoms with E-state index in [1.807, 2.05) is 24.3 Å². The zero-order valence-corrected chi connectivity index (χ0v) is 17.7. The van der Waals surface area contributed by atoms with Crippen molar-refractivity contribution in [2.45, 2.75) is 19.3 Å². The normalized spacial score (nSPS) is 10.8. The van der Waals surface area contributed by atoms with Gasteiger partial charge in [0.05, 0.1) is 29.6 Å². The van der Waals surface area contributed by atoms with Crippen LogP contribution in [0.2, 0.25) is 0 Å². The van der Waals surface area contributed by atoms with Gasteiger partial charge in [0.1, 0.15) is 5.75 Å². The van der Waals surface area contributed by atoms with Gasteiger partial charge < -0.3 is 10.5 Å². The number of H-pyrrole nitrogens is 1. The van der Waals surface area contributed by atoms with Gasteiger partial charge in [-0.25, -0.2) is 9.89 Å². The van der Waals surface area contributed by atoms with Gasteiger partial charge in [0.25, 0.3) is 5.56 Å². The van der Waals surface area contributed by atoms with E-state index >= 15 is 0 Å². The minimum atomic E-state index is -0.661. The highest BCUT2D eigenvalue weighted by atomic mass is 16.5. The average Bonchev–Trinajstić information content (AvgIpc) is 2.81. The van der Waals surface area contributed by atoms with Crippen LogP contribution in [0.5, 0.6) is 5.75 Å². The third-order valence-electron chi connectivity index (χ3n) is 5.36. The number of nitrogens with zero attached hydrogens (tertiary/aromatic N) is 2. The lowest BCUT2D eigenvalue weighted by Crippen LogP contribution is -2.31. The maximum atomic E-state index is 12.5. The standard InChI is InChI=1S/C25H24N4O3/c1-32-20-11-6-10-18(15-20)29(25(26)31)19-13-14-21-22(16-19)24(30)28-27-23(21)12-5-9-17-7-3-2-4-8-17/h2-4,6-8,10-11,13-16H,5,9,12H2,1H3,(H2,26,31)(H,28,30). The predicted octanol–water partition coefficient (Wildman–Crippen LogP) is 4.32. The third-order valence-corrected chi connectivity index (χ3v) is 5.36. The van der Waals surface area contributed by atoms with Gasteiger partial charge in [0.2, 0.25) is 0 Å². The number of ether oxygens (including phenoxy) is 1. The molecule has 7 heteroatoms. The highest BCUT2D eigenvalue weighted by Gasteiger charge is 2.18. The van der Waals surface area contributed by atoms with E-state index in [1.54, 1.807) is 43.5 Å². The summed E-state index contributed by atoms with van der Waals surface area (Å²) in [6, 6.07) is 21.9. The second-order valence-electron chi connectivity index (χ2n) is 7.44. The molecule has 0 bridgehead atoms. The van der Waals surface area contributed by atoms with E-state index in [0.29, 0.717) is 22.5 Å². The Bertz CT molecular complexity index is 1300. The van der Waals surface area contributed by atoms with Gasteiger partial charge >= 0.3 is 6.03 Å². The fraction of sp³-hybridized carbons (Fsp3) is 0.160. The van der Waals surface area contributed by atoms with Crippen LogP contribution in [-0.2, 0) is 12.8 Å². The number of aromatic nitrogens is 2. The van der Waals surface area contributed by atoms with Crippen molar-refractivity contribution in [3.63, 3.8) is 0 Å². The highest BCUT2D eigenvalue weighted by Crippen LogP contribution is 2.30. The number of carbonyl (C=O) groups is 1. The van der Waals surface area contributed by atoms with Gasteiger partial charge in [0.15, 0.2) is 0 Å². The van der Waals surface area contributed by atoms with Gasteiger partial charge in [-0.1, -0.05) is 42.5 Å². The number of primary amides is 1. The molecule has 0 aliphatic rings. The van der Waals surface area contributed by atoms with Gasteiger partial charge in [0, 0.05) is 11.5 Å². The molecule has 32 heavy (non-hydrogen) atoms. The van der Waals surface area contributed by atoms with Gasteiger partial charge in [-0.2, -0.15) is 5.10 Å². The maximum Gasteiger partial charge on any atom is 0.323 e. The molecule has 0 unspecified atom stereocenters. The van der Waals surface area contributed by atoms with Crippen molar-refractivity contribution in [1.29, 1.82) is 0 Å². The maximum absolute atomic E-state index is 12.5. The Morgan fingerprint density at radius 2 is 1.75 bits per heavy atom. The quantitative estimate of drug-likeness (QED) is 0.458. The van der Waals surface area contributed by atoms with E-state index in [0.717, 1.165) is 30.3 Å². The average molecular weight is 428 g/mol. The zero-order chi connectivity index (χ0) is 22.5. The molecular formula is C25H24N4O3. The summed E-state index contributed by atoms with van der Waals surface area (Å²) in [6.07, 6.45) is 2.54. The van der Waals surface area contributed by atoms with E-state index in [4.69, 9.17) is 10.5 Å². The van der Waals surface area contributed by atoms with Crippen LogP contribution >= 0.6 is 0 Å². The predicted molar refractivity (Wildman–Crippen MR) is 126 cm³/mol. The summed E-state index contributed by atoms with van der Waals surface area (Å²) in [5, 5.41) is 8.08. The number of urea groups is 1. The van der Waals surface area contributed by atoms with Crippen molar-refractivity contribution < 1.29 is 9.53 Å². The molecule has 7 nitrogen and oxygen atoms in total. The topological polar surface area (TPSA) is 101 Å². The number of aromatic amines is 1. The van der Waals surface area contributed by atoms with Crippen molar-refractivity contribution >= 4 is 28.2 Å². The van der Waals surface area contributed by atoms with E-state index in [2.05, 4.69) is 22.3 Å². The number of anilines is 2. The number of benzene rings is 3. The highest BCUT2D eigenvalue weighted by molar-refractivity contribution is 6.01. The molecule has 4 rings (SSSR count). The summed E-state index contributed by atoms with van der Waals surface area (Å²) in [4.78, 5) is 26.2. The molecule has 0 saturated heterocycles. The first-order chi connectivity index (χ1) is 15.6. The molecule has 0 aliphatic carbocycles. The summed E-state index contributed by atoms with van der Waals surface area (Å²) >= 11 is 0. The lowest BCUT2D eigenvalue weighted by molar-refractivity contribution is 0.256. The fourth-order valence-corrected chi connectivity index (χ4v) is 3.80. The van der Waals surface area contributed by atoms with Crippen LogP contribution in [0.4, 0.5) is 16.2 Å². The number of nitrogens with two attached hydrogens (primary N) is 1. The van der Waals surface area contributed by atoms with Crippen LogP contribution < -0.4 is 20.9 Å². The Labute approximate surface area is 185 Å². The molecule has 162 valence electrons. The molecule has 0 radical (unpaired) electrons. The van der Waals surface area contributed by atoms with Crippen molar-refractivity contribution in [3.05, 3.63) is 94.4 Å². The minimum absolute atomic E-state index is 0.316. The second-order valence-corrected chi connectivity index (χ2v) is 7.44. The zero-order valence-electron chi connectivity index (χ0n) is 17.7. The number of rotatable bonds is 7. The van der Waals surface area contributed by atoms with Crippen molar-refractivity contribution in [3.8, 4) is 5.75 Å². The number of aryl methyl sites for hydroxylation is 2. The number of fused-ring (bicyclic) bond motifs is 1. The van der Waals surface area contributed by atoms with Gasteiger partial charge in [-0.3, -0.25) is 9.69 Å². The van der Waals surface area contributed by atoms with E-state index < -0.39 is 6.03 Å². The summed E-state index contributed by atoms with van der Waals surface area (Å²) in [6.45, 7) is 0. The number of nitrogens with one attached hydrogen (secondary N) is 1.